The van der Waals surface area contributed by atoms with Crippen molar-refractivity contribution < 1.29 is 14.0 Å². The largest absolute Gasteiger partial charge is 0.337 e. The number of carbonyl (C=O) groups is 1. The fraction of sp³-hybridized carbons (Fsp3) is 0.316. The van der Waals surface area contributed by atoms with Gasteiger partial charge in [-0.3, -0.25) is 9.63 Å². The molecule has 0 saturated heterocycles. The van der Waals surface area contributed by atoms with Crippen molar-refractivity contribution in [2.45, 2.75) is 27.2 Å². The molecule has 0 spiro atoms. The molecule has 1 aromatic carbocycles. The van der Waals surface area contributed by atoms with E-state index in [1.807, 2.05) is 19.9 Å². The van der Waals surface area contributed by atoms with Gasteiger partial charge in [0.05, 0.1) is 17.9 Å². The molecule has 0 radical (unpaired) electrons. The van der Waals surface area contributed by atoms with E-state index in [9.17, 15) is 9.18 Å². The summed E-state index contributed by atoms with van der Waals surface area (Å²) in [7, 11) is 0. The van der Waals surface area contributed by atoms with Gasteiger partial charge >= 0.3 is 0 Å². The molecule has 0 aliphatic carbocycles. The summed E-state index contributed by atoms with van der Waals surface area (Å²) < 4.78 is 14.1. The molecule has 2 aromatic rings. The highest BCUT2D eigenvalue weighted by molar-refractivity contribution is 5.98. The first-order valence-electron chi connectivity index (χ1n) is 8.31. The van der Waals surface area contributed by atoms with Crippen LogP contribution in [0.4, 0.5) is 15.9 Å². The Labute approximate surface area is 152 Å². The van der Waals surface area contributed by atoms with E-state index in [0.29, 0.717) is 12.5 Å². The number of amides is 1. The molecular weight excluding hydrogens is 335 g/mol. The zero-order chi connectivity index (χ0) is 19.1. The number of benzene rings is 1. The van der Waals surface area contributed by atoms with Gasteiger partial charge in [-0.15, -0.1) is 0 Å². The number of hydroxylamine groups is 1. The standard InChI is InChI=1S/C19H21FN4O2/c1-4-12(2)11-26-24-19(25)15-7-6-14(10-21)22-18(15)23-17-8-5-13(3)9-16(17)20/h5-9,12H,4,11H2,1-3H3,(H,22,23)(H,24,25). The Morgan fingerprint density at radius 2 is 2.15 bits per heavy atom. The monoisotopic (exact) mass is 356 g/mol. The molecule has 6 nitrogen and oxygen atoms in total. The van der Waals surface area contributed by atoms with Crippen molar-refractivity contribution in [1.29, 1.82) is 5.26 Å². The lowest BCUT2D eigenvalue weighted by atomic mass is 10.1. The van der Waals surface area contributed by atoms with Crippen LogP contribution in [0.1, 0.15) is 41.9 Å². The fourth-order valence-electron chi connectivity index (χ4n) is 2.07. The number of rotatable bonds is 7. The smallest absolute Gasteiger partial charge is 0.278 e. The van der Waals surface area contributed by atoms with Gasteiger partial charge in [0.2, 0.25) is 0 Å². The number of nitrogens with one attached hydrogen (secondary N) is 2. The maximum atomic E-state index is 14.1. The molecule has 0 bridgehead atoms. The number of nitrogens with zero attached hydrogens (tertiary/aromatic N) is 2. The van der Waals surface area contributed by atoms with E-state index in [1.54, 1.807) is 19.1 Å². The van der Waals surface area contributed by atoms with Crippen molar-refractivity contribution in [1.82, 2.24) is 10.5 Å². The molecule has 0 saturated carbocycles. The molecule has 2 rings (SSSR count). The van der Waals surface area contributed by atoms with Crippen LogP contribution in [0.3, 0.4) is 0 Å². The van der Waals surface area contributed by atoms with Crippen molar-refractivity contribution in [3.05, 3.63) is 53.0 Å². The lowest BCUT2D eigenvalue weighted by molar-refractivity contribution is 0.0182. The van der Waals surface area contributed by atoms with Gasteiger partial charge in [0, 0.05) is 0 Å². The van der Waals surface area contributed by atoms with Crippen LogP contribution in [0.25, 0.3) is 0 Å². The van der Waals surface area contributed by atoms with Crippen LogP contribution < -0.4 is 10.8 Å². The highest BCUT2D eigenvalue weighted by Crippen LogP contribution is 2.23. The normalized spacial score (nSPS) is 11.5. The number of pyridine rings is 1. The van der Waals surface area contributed by atoms with E-state index < -0.39 is 11.7 Å². The second-order valence-electron chi connectivity index (χ2n) is 6.07. The zero-order valence-corrected chi connectivity index (χ0v) is 15.0. The van der Waals surface area contributed by atoms with Crippen LogP contribution in [0.15, 0.2) is 30.3 Å². The van der Waals surface area contributed by atoms with E-state index in [1.165, 1.54) is 18.2 Å². The van der Waals surface area contributed by atoms with E-state index in [-0.39, 0.29) is 22.8 Å². The summed E-state index contributed by atoms with van der Waals surface area (Å²) in [4.78, 5) is 21.7. The number of aromatic nitrogens is 1. The molecule has 26 heavy (non-hydrogen) atoms. The Bertz CT molecular complexity index is 833. The van der Waals surface area contributed by atoms with E-state index >= 15 is 0 Å². The van der Waals surface area contributed by atoms with Crippen LogP contribution in [0.5, 0.6) is 0 Å². The molecule has 1 aromatic heterocycles. The first kappa shape index (κ1) is 19.3. The summed E-state index contributed by atoms with van der Waals surface area (Å²) in [6.45, 7) is 6.18. The van der Waals surface area contributed by atoms with Crippen LogP contribution in [-0.2, 0) is 4.84 Å². The lowest BCUT2D eigenvalue weighted by Crippen LogP contribution is -2.27. The number of hydrogen-bond acceptors (Lipinski definition) is 5. The van der Waals surface area contributed by atoms with E-state index in [4.69, 9.17) is 10.1 Å². The van der Waals surface area contributed by atoms with Gasteiger partial charge in [-0.2, -0.15) is 5.26 Å². The van der Waals surface area contributed by atoms with Crippen LogP contribution in [0, 0.1) is 30.0 Å². The average molecular weight is 356 g/mol. The Balaban J connectivity index is 2.23. The van der Waals surface area contributed by atoms with E-state index in [0.717, 1.165) is 12.0 Å². The van der Waals surface area contributed by atoms with Gasteiger partial charge in [0.15, 0.2) is 0 Å². The highest BCUT2D eigenvalue weighted by atomic mass is 19.1. The third kappa shape index (κ3) is 5.01. The molecule has 136 valence electrons. The third-order valence-corrected chi connectivity index (χ3v) is 3.86. The first-order valence-corrected chi connectivity index (χ1v) is 8.31. The van der Waals surface area contributed by atoms with Crippen LogP contribution in [0.2, 0.25) is 0 Å². The maximum Gasteiger partial charge on any atom is 0.278 e. The quantitative estimate of drug-likeness (QED) is 0.736. The molecule has 1 unspecified atom stereocenters. The predicted octanol–water partition coefficient (Wildman–Crippen LogP) is 3.85. The molecular formula is C19H21FN4O2. The minimum absolute atomic E-state index is 0.0800. The van der Waals surface area contributed by atoms with Crippen molar-refractivity contribution in [2.75, 3.05) is 11.9 Å². The van der Waals surface area contributed by atoms with Crippen molar-refractivity contribution in [3.8, 4) is 6.07 Å². The summed E-state index contributed by atoms with van der Waals surface area (Å²) in [6.07, 6.45) is 0.924. The van der Waals surface area contributed by atoms with Crippen LogP contribution in [-0.4, -0.2) is 17.5 Å². The zero-order valence-electron chi connectivity index (χ0n) is 15.0. The van der Waals surface area contributed by atoms with Gasteiger partial charge in [-0.1, -0.05) is 26.3 Å². The van der Waals surface area contributed by atoms with E-state index in [2.05, 4.69) is 15.8 Å². The van der Waals surface area contributed by atoms with Crippen LogP contribution >= 0.6 is 0 Å². The minimum atomic E-state index is -0.527. The number of carbonyl (C=O) groups excluding carboxylic acids is 1. The van der Waals surface area contributed by atoms with Gasteiger partial charge in [-0.25, -0.2) is 14.9 Å². The van der Waals surface area contributed by atoms with Gasteiger partial charge in [0.25, 0.3) is 5.91 Å². The predicted molar refractivity (Wildman–Crippen MR) is 96.2 cm³/mol. The summed E-state index contributed by atoms with van der Waals surface area (Å²) in [6, 6.07) is 9.41. The molecule has 0 fully saturated rings. The lowest BCUT2D eigenvalue weighted by Gasteiger charge is -2.13. The summed E-state index contributed by atoms with van der Waals surface area (Å²) in [5.74, 6) is -0.626. The average Bonchev–Trinajstić information content (AvgIpc) is 2.63. The molecule has 0 aliphatic heterocycles. The SMILES string of the molecule is CCC(C)CONC(=O)c1ccc(C#N)nc1Nc1ccc(C)cc1F. The highest BCUT2D eigenvalue weighted by Gasteiger charge is 2.16. The molecule has 1 amide bonds. The molecule has 2 N–H and O–H groups in total. The Kier molecular flexibility index (Phi) is 6.64. The third-order valence-electron chi connectivity index (χ3n) is 3.86. The molecule has 1 atom stereocenters. The second-order valence-corrected chi connectivity index (χ2v) is 6.07. The Morgan fingerprint density at radius 1 is 1.38 bits per heavy atom. The van der Waals surface area contributed by atoms with Gasteiger partial charge in [0.1, 0.15) is 23.4 Å². The number of hydrogen-bond donors (Lipinski definition) is 2. The summed E-state index contributed by atoms with van der Waals surface area (Å²) >= 11 is 0. The maximum absolute atomic E-state index is 14.1. The van der Waals surface area contributed by atoms with Crippen molar-refractivity contribution in [3.63, 3.8) is 0 Å². The summed E-state index contributed by atoms with van der Waals surface area (Å²) in [5, 5.41) is 11.8. The Hall–Kier alpha value is -2.98. The first-order chi connectivity index (χ1) is 12.4. The summed E-state index contributed by atoms with van der Waals surface area (Å²) in [5.41, 5.74) is 3.54. The Morgan fingerprint density at radius 3 is 2.81 bits per heavy atom. The van der Waals surface area contributed by atoms with Crippen molar-refractivity contribution >= 4 is 17.4 Å². The number of aryl methyl sites for hydroxylation is 1. The topological polar surface area (TPSA) is 87.0 Å². The number of nitriles is 1. The minimum Gasteiger partial charge on any atom is -0.337 e. The molecule has 7 heteroatoms. The molecule has 0 aliphatic rings. The van der Waals surface area contributed by atoms with Gasteiger partial charge in [-0.05, 0) is 42.7 Å². The molecule has 1 heterocycles. The fourth-order valence-corrected chi connectivity index (χ4v) is 2.07. The number of halogens is 1. The van der Waals surface area contributed by atoms with Crippen molar-refractivity contribution in [2.24, 2.45) is 5.92 Å². The second kappa shape index (κ2) is 8.92. The number of anilines is 2. The van der Waals surface area contributed by atoms with Gasteiger partial charge < -0.3 is 5.32 Å².